The van der Waals surface area contributed by atoms with Gasteiger partial charge in [-0.1, -0.05) is 23.7 Å². The Morgan fingerprint density at radius 1 is 1.46 bits per heavy atom. The lowest BCUT2D eigenvalue weighted by Crippen LogP contribution is -2.33. The molecule has 1 amide bonds. The molecule has 1 fully saturated rings. The highest BCUT2D eigenvalue weighted by atomic mass is 35.5. The number of aromatic nitrogens is 2. The predicted octanol–water partition coefficient (Wildman–Crippen LogP) is 3.04. The molecule has 0 spiro atoms. The Labute approximate surface area is 143 Å². The normalized spacial score (nSPS) is 15.0. The number of alkyl halides is 1. The minimum absolute atomic E-state index is 0.00745. The van der Waals surface area contributed by atoms with E-state index in [1.165, 1.54) is 6.20 Å². The minimum atomic E-state index is -1.75. The number of nitrogens with one attached hydrogen (secondary N) is 1. The highest BCUT2D eigenvalue weighted by molar-refractivity contribution is 6.31. The second kappa shape index (κ2) is 6.28. The van der Waals surface area contributed by atoms with Crippen LogP contribution in [0.25, 0.3) is 11.4 Å². The van der Waals surface area contributed by atoms with Gasteiger partial charge in [0.1, 0.15) is 5.69 Å². The van der Waals surface area contributed by atoms with Crippen molar-refractivity contribution in [1.29, 1.82) is 0 Å². The lowest BCUT2D eigenvalue weighted by Gasteiger charge is -2.10. The number of nitrogens with zero attached hydrogens (tertiary/aromatic N) is 2. The summed E-state index contributed by atoms with van der Waals surface area (Å²) < 4.78 is 13.6. The van der Waals surface area contributed by atoms with Crippen LogP contribution in [-0.4, -0.2) is 27.8 Å². The number of benzene rings is 1. The summed E-state index contributed by atoms with van der Waals surface area (Å²) >= 11 is 6.09. The molecule has 1 aromatic heterocycles. The molecule has 0 unspecified atom stereocenters. The summed E-state index contributed by atoms with van der Waals surface area (Å²) in [5, 5.41) is 3.06. The van der Waals surface area contributed by atoms with Crippen molar-refractivity contribution in [2.75, 3.05) is 0 Å². The number of hydrogen-bond donors (Lipinski definition) is 1. The van der Waals surface area contributed by atoms with E-state index in [1.54, 1.807) is 6.07 Å². The van der Waals surface area contributed by atoms with Gasteiger partial charge in [0.2, 0.25) is 0 Å². The van der Waals surface area contributed by atoms with E-state index in [0.717, 1.165) is 5.56 Å². The summed E-state index contributed by atoms with van der Waals surface area (Å²) in [5.41, 5.74) is 0.451. The Bertz CT molecular complexity index is 821. The van der Waals surface area contributed by atoms with Crippen LogP contribution in [0.4, 0.5) is 4.39 Å². The van der Waals surface area contributed by atoms with Gasteiger partial charge in [-0.05, 0) is 31.4 Å². The molecule has 7 heteroatoms. The maximum absolute atomic E-state index is 13.6. The molecule has 24 heavy (non-hydrogen) atoms. The fourth-order valence-electron chi connectivity index (χ4n) is 2.20. The summed E-state index contributed by atoms with van der Waals surface area (Å²) in [5.74, 6) is -0.299. The van der Waals surface area contributed by atoms with Gasteiger partial charge in [0, 0.05) is 28.9 Å². The van der Waals surface area contributed by atoms with E-state index in [9.17, 15) is 14.0 Å². The summed E-state index contributed by atoms with van der Waals surface area (Å²) in [6.45, 7) is 1.89. The molecule has 124 valence electrons. The Balaban J connectivity index is 1.81. The van der Waals surface area contributed by atoms with Gasteiger partial charge in [-0.25, -0.2) is 14.4 Å². The van der Waals surface area contributed by atoms with E-state index < -0.39 is 11.6 Å². The summed E-state index contributed by atoms with van der Waals surface area (Å²) in [6, 6.07) is 5.38. The molecule has 0 saturated heterocycles. The number of aryl methyl sites for hydroxylation is 1. The topological polar surface area (TPSA) is 72.0 Å². The fourth-order valence-corrected chi connectivity index (χ4v) is 2.38. The first-order valence-electron chi connectivity index (χ1n) is 7.48. The van der Waals surface area contributed by atoms with Gasteiger partial charge in [0.05, 0.1) is 0 Å². The molecule has 1 N–H and O–H groups in total. The molecule has 5 nitrogen and oxygen atoms in total. The third kappa shape index (κ3) is 3.28. The molecule has 0 aliphatic heterocycles. The SMILES string of the molecule is Cc1ccc(-c2ncc(CNC(=O)C3(F)CC3)c(C=O)n2)cc1Cl. The summed E-state index contributed by atoms with van der Waals surface area (Å²) in [7, 11) is 0. The van der Waals surface area contributed by atoms with Crippen LogP contribution in [0.1, 0.15) is 34.5 Å². The maximum atomic E-state index is 13.6. The number of halogens is 2. The first-order chi connectivity index (χ1) is 11.4. The van der Waals surface area contributed by atoms with Gasteiger partial charge in [-0.3, -0.25) is 9.59 Å². The van der Waals surface area contributed by atoms with Crippen molar-refractivity contribution >= 4 is 23.8 Å². The van der Waals surface area contributed by atoms with E-state index in [1.807, 2.05) is 19.1 Å². The van der Waals surface area contributed by atoms with Crippen LogP contribution >= 0.6 is 11.6 Å². The van der Waals surface area contributed by atoms with Crippen LogP contribution in [0.5, 0.6) is 0 Å². The number of carbonyl (C=O) groups excluding carboxylic acids is 2. The quantitative estimate of drug-likeness (QED) is 0.844. The second-order valence-electron chi connectivity index (χ2n) is 5.83. The Kier molecular flexibility index (Phi) is 4.32. The van der Waals surface area contributed by atoms with Crippen molar-refractivity contribution in [3.05, 3.63) is 46.2 Å². The monoisotopic (exact) mass is 347 g/mol. The largest absolute Gasteiger partial charge is 0.349 e. The van der Waals surface area contributed by atoms with E-state index in [2.05, 4.69) is 15.3 Å². The zero-order valence-corrected chi connectivity index (χ0v) is 13.7. The average molecular weight is 348 g/mol. The number of rotatable bonds is 5. The lowest BCUT2D eigenvalue weighted by molar-refractivity contribution is -0.127. The number of hydrogen-bond acceptors (Lipinski definition) is 4. The van der Waals surface area contributed by atoms with Gasteiger partial charge in [0.25, 0.3) is 5.91 Å². The van der Waals surface area contributed by atoms with E-state index in [-0.39, 0.29) is 25.1 Å². The van der Waals surface area contributed by atoms with Gasteiger partial charge >= 0.3 is 0 Å². The number of carbonyl (C=O) groups is 2. The summed E-state index contributed by atoms with van der Waals surface area (Å²) in [6.07, 6.45) is 2.52. The average Bonchev–Trinajstić information content (AvgIpc) is 3.34. The van der Waals surface area contributed by atoms with Gasteiger partial charge in [0.15, 0.2) is 17.8 Å². The molecule has 1 aliphatic carbocycles. The molecular weight excluding hydrogens is 333 g/mol. The third-order valence-corrected chi connectivity index (χ3v) is 4.38. The van der Waals surface area contributed by atoms with Crippen molar-refractivity contribution in [2.24, 2.45) is 0 Å². The Morgan fingerprint density at radius 2 is 2.21 bits per heavy atom. The molecule has 0 atom stereocenters. The molecule has 3 rings (SSSR count). The van der Waals surface area contributed by atoms with Gasteiger partial charge in [-0.15, -0.1) is 0 Å². The number of amides is 1. The van der Waals surface area contributed by atoms with Crippen LogP contribution < -0.4 is 5.32 Å². The fraction of sp³-hybridized carbons (Fsp3) is 0.294. The molecular formula is C17H15ClFN3O2. The number of aldehydes is 1. The molecule has 2 aromatic rings. The lowest BCUT2D eigenvalue weighted by atomic mass is 10.1. The highest BCUT2D eigenvalue weighted by Crippen LogP contribution is 2.39. The van der Waals surface area contributed by atoms with E-state index >= 15 is 0 Å². The highest BCUT2D eigenvalue weighted by Gasteiger charge is 2.50. The van der Waals surface area contributed by atoms with Gasteiger partial charge < -0.3 is 5.32 Å². The van der Waals surface area contributed by atoms with Crippen LogP contribution in [0.15, 0.2) is 24.4 Å². The third-order valence-electron chi connectivity index (χ3n) is 3.98. The summed E-state index contributed by atoms with van der Waals surface area (Å²) in [4.78, 5) is 31.3. The second-order valence-corrected chi connectivity index (χ2v) is 6.24. The predicted molar refractivity (Wildman–Crippen MR) is 87.5 cm³/mol. The van der Waals surface area contributed by atoms with Crippen molar-refractivity contribution in [1.82, 2.24) is 15.3 Å². The standard InChI is InChI=1S/C17H15ClFN3O2/c1-10-2-3-11(6-13(10)18)15-20-7-12(14(9-23)22-15)8-21-16(24)17(19)4-5-17/h2-3,6-7,9H,4-5,8H2,1H3,(H,21,24). The Hall–Kier alpha value is -2.34. The van der Waals surface area contributed by atoms with Crippen LogP contribution in [0.3, 0.4) is 0 Å². The molecule has 1 saturated carbocycles. The van der Waals surface area contributed by atoms with Crippen LogP contribution in [0, 0.1) is 6.92 Å². The van der Waals surface area contributed by atoms with Crippen LogP contribution in [0.2, 0.25) is 5.02 Å². The molecule has 1 heterocycles. The minimum Gasteiger partial charge on any atom is -0.349 e. The maximum Gasteiger partial charge on any atom is 0.257 e. The van der Waals surface area contributed by atoms with Crippen molar-refractivity contribution in [2.45, 2.75) is 32.0 Å². The molecule has 0 bridgehead atoms. The zero-order chi connectivity index (χ0) is 17.3. The van der Waals surface area contributed by atoms with Crippen molar-refractivity contribution in [3.63, 3.8) is 0 Å². The van der Waals surface area contributed by atoms with Crippen molar-refractivity contribution < 1.29 is 14.0 Å². The molecule has 0 radical (unpaired) electrons. The van der Waals surface area contributed by atoms with Crippen LogP contribution in [-0.2, 0) is 11.3 Å². The first kappa shape index (κ1) is 16.5. The van der Waals surface area contributed by atoms with Gasteiger partial charge in [-0.2, -0.15) is 0 Å². The molecule has 1 aliphatic rings. The molecule has 1 aromatic carbocycles. The zero-order valence-electron chi connectivity index (χ0n) is 13.0. The van der Waals surface area contributed by atoms with E-state index in [0.29, 0.717) is 28.3 Å². The smallest absolute Gasteiger partial charge is 0.257 e. The van der Waals surface area contributed by atoms with Crippen molar-refractivity contribution in [3.8, 4) is 11.4 Å². The first-order valence-corrected chi connectivity index (χ1v) is 7.85. The Morgan fingerprint density at radius 3 is 2.83 bits per heavy atom. The van der Waals surface area contributed by atoms with E-state index in [4.69, 9.17) is 11.6 Å².